The molecule has 0 spiro atoms. The molecular formula is C38H45ClN2O4. The molecular weight excluding hydrogens is 584 g/mol. The molecule has 0 radical (unpaired) electrons. The molecule has 3 N–H and O–H groups in total. The normalized spacial score (nSPS) is 12.1. The van der Waals surface area contributed by atoms with E-state index in [1.165, 1.54) is 23.8 Å². The second kappa shape index (κ2) is 16.4. The second-order valence-electron chi connectivity index (χ2n) is 11.9. The van der Waals surface area contributed by atoms with Gasteiger partial charge >= 0.3 is 0 Å². The molecule has 0 aromatic heterocycles. The molecule has 0 fully saturated rings. The van der Waals surface area contributed by atoms with Gasteiger partial charge in [-0.1, -0.05) is 66.2 Å². The zero-order valence-corrected chi connectivity index (χ0v) is 27.4. The summed E-state index contributed by atoms with van der Waals surface area (Å²) in [6.07, 6.45) is 2.22. The fraction of sp³-hybridized carbons (Fsp3) is 0.342. The van der Waals surface area contributed by atoms with Crippen LogP contribution in [0.15, 0.2) is 91.0 Å². The van der Waals surface area contributed by atoms with E-state index in [0.717, 1.165) is 35.4 Å². The summed E-state index contributed by atoms with van der Waals surface area (Å²) in [6.45, 7) is 10.8. The van der Waals surface area contributed by atoms with E-state index in [9.17, 15) is 15.0 Å². The highest BCUT2D eigenvalue weighted by molar-refractivity contribution is 6.34. The number of carbonyl (C=O) groups is 1. The molecule has 1 unspecified atom stereocenters. The Morgan fingerprint density at radius 2 is 1.58 bits per heavy atom. The first-order valence-electron chi connectivity index (χ1n) is 15.7. The van der Waals surface area contributed by atoms with Crippen LogP contribution in [0.25, 0.3) is 0 Å². The minimum absolute atomic E-state index is 0.0212. The number of hydrogen-bond donors (Lipinski definition) is 3. The Hall–Kier alpha value is -4.00. The van der Waals surface area contributed by atoms with E-state index in [2.05, 4.69) is 68.2 Å². The number of nitrogens with one attached hydrogen (secondary N) is 1. The van der Waals surface area contributed by atoms with Gasteiger partial charge in [-0.05, 0) is 100 Å². The van der Waals surface area contributed by atoms with Gasteiger partial charge in [0, 0.05) is 36.5 Å². The maximum atomic E-state index is 12.4. The molecule has 0 heterocycles. The molecule has 0 saturated carbocycles. The number of amides is 1. The Balaban J connectivity index is 1.37. The maximum absolute atomic E-state index is 12.4. The van der Waals surface area contributed by atoms with Gasteiger partial charge in [0.2, 0.25) is 0 Å². The molecule has 0 aliphatic rings. The van der Waals surface area contributed by atoms with Crippen LogP contribution in [0.5, 0.6) is 17.2 Å². The lowest BCUT2D eigenvalue weighted by Gasteiger charge is -2.32. The van der Waals surface area contributed by atoms with Crippen molar-refractivity contribution in [1.29, 1.82) is 0 Å². The van der Waals surface area contributed by atoms with Crippen LogP contribution in [0.3, 0.4) is 0 Å². The Bertz CT molecular complexity index is 1520. The SMILES string of the molecule is CC(C)N(CCC(c1ccccc1)c1c(O)cccc1CCOc1ccc(CCNC(=O)c2ccc(O)cc2Cl)cc1)C(C)C. The Labute approximate surface area is 272 Å². The first kappa shape index (κ1) is 33.9. The molecule has 0 saturated heterocycles. The van der Waals surface area contributed by atoms with Crippen molar-refractivity contribution >= 4 is 17.5 Å². The molecule has 0 aliphatic heterocycles. The number of benzene rings is 4. The van der Waals surface area contributed by atoms with E-state index in [-0.39, 0.29) is 22.6 Å². The summed E-state index contributed by atoms with van der Waals surface area (Å²) in [6, 6.07) is 29.3. The van der Waals surface area contributed by atoms with E-state index < -0.39 is 0 Å². The Kier molecular flexibility index (Phi) is 12.3. The van der Waals surface area contributed by atoms with Crippen molar-refractivity contribution in [3.05, 3.63) is 124 Å². The van der Waals surface area contributed by atoms with Gasteiger partial charge in [-0.2, -0.15) is 0 Å². The van der Waals surface area contributed by atoms with Crippen molar-refractivity contribution in [3.63, 3.8) is 0 Å². The zero-order valence-electron chi connectivity index (χ0n) is 26.7. The van der Waals surface area contributed by atoms with Crippen LogP contribution in [0.2, 0.25) is 5.02 Å². The number of phenols is 2. The Morgan fingerprint density at radius 1 is 0.867 bits per heavy atom. The molecule has 4 aromatic rings. The first-order valence-corrected chi connectivity index (χ1v) is 16.1. The summed E-state index contributed by atoms with van der Waals surface area (Å²) < 4.78 is 6.14. The topological polar surface area (TPSA) is 82.0 Å². The van der Waals surface area contributed by atoms with Gasteiger partial charge in [0.1, 0.15) is 17.2 Å². The molecule has 6 nitrogen and oxygen atoms in total. The van der Waals surface area contributed by atoms with Gasteiger partial charge in [-0.3, -0.25) is 9.69 Å². The molecule has 4 rings (SSSR count). The summed E-state index contributed by atoms with van der Waals surface area (Å²) in [7, 11) is 0. The summed E-state index contributed by atoms with van der Waals surface area (Å²) in [5.41, 5.74) is 4.66. The standard InChI is InChI=1S/C38H45ClN2O4/c1-26(2)41(27(3)4)23-20-33(29-9-6-5-7-10-29)37-30(11-8-12-36(37)43)21-24-45-32-16-13-28(14-17-32)19-22-40-38(44)34-18-15-31(42)25-35(34)39/h5-18,25-27,33,42-43H,19-24H2,1-4H3,(H,40,44). The van der Waals surface area contributed by atoms with E-state index in [0.29, 0.717) is 49.4 Å². The largest absolute Gasteiger partial charge is 0.508 e. The number of halogens is 1. The molecule has 0 aliphatic carbocycles. The van der Waals surface area contributed by atoms with Crippen molar-refractivity contribution in [2.45, 2.75) is 65.0 Å². The average Bonchev–Trinajstić information content (AvgIpc) is 3.01. The van der Waals surface area contributed by atoms with Gasteiger partial charge in [0.25, 0.3) is 5.91 Å². The van der Waals surface area contributed by atoms with Crippen molar-refractivity contribution in [2.75, 3.05) is 19.7 Å². The van der Waals surface area contributed by atoms with Crippen molar-refractivity contribution in [3.8, 4) is 17.2 Å². The number of hydrogen-bond acceptors (Lipinski definition) is 5. The van der Waals surface area contributed by atoms with Gasteiger partial charge in [-0.25, -0.2) is 0 Å². The van der Waals surface area contributed by atoms with E-state index in [4.69, 9.17) is 16.3 Å². The first-order chi connectivity index (χ1) is 21.6. The molecule has 0 bridgehead atoms. The predicted molar refractivity (Wildman–Crippen MR) is 183 cm³/mol. The highest BCUT2D eigenvalue weighted by atomic mass is 35.5. The van der Waals surface area contributed by atoms with Crippen molar-refractivity contribution in [2.24, 2.45) is 0 Å². The summed E-state index contributed by atoms with van der Waals surface area (Å²) in [4.78, 5) is 14.9. The lowest BCUT2D eigenvalue weighted by molar-refractivity contribution is 0.0954. The highest BCUT2D eigenvalue weighted by Gasteiger charge is 2.23. The van der Waals surface area contributed by atoms with E-state index in [1.807, 2.05) is 36.4 Å². The summed E-state index contributed by atoms with van der Waals surface area (Å²) in [5.74, 6) is 0.897. The predicted octanol–water partition coefficient (Wildman–Crippen LogP) is 7.99. The smallest absolute Gasteiger partial charge is 0.252 e. The minimum atomic E-state index is -0.280. The second-order valence-corrected chi connectivity index (χ2v) is 12.3. The number of nitrogens with zero attached hydrogens (tertiary/aromatic N) is 1. The third-order valence-corrected chi connectivity index (χ3v) is 8.50. The number of phenolic OH excluding ortho intramolecular Hbond substituents is 2. The quantitative estimate of drug-likeness (QED) is 0.124. The molecule has 238 valence electrons. The van der Waals surface area contributed by atoms with Crippen LogP contribution in [0.4, 0.5) is 0 Å². The summed E-state index contributed by atoms with van der Waals surface area (Å²) in [5, 5.41) is 23.7. The maximum Gasteiger partial charge on any atom is 0.252 e. The van der Waals surface area contributed by atoms with Crippen LogP contribution in [-0.4, -0.2) is 52.8 Å². The van der Waals surface area contributed by atoms with Crippen LogP contribution in [-0.2, 0) is 12.8 Å². The third kappa shape index (κ3) is 9.49. The highest BCUT2D eigenvalue weighted by Crippen LogP contribution is 2.37. The number of rotatable bonds is 15. The van der Waals surface area contributed by atoms with Gasteiger partial charge in [-0.15, -0.1) is 0 Å². The fourth-order valence-corrected chi connectivity index (χ4v) is 6.17. The minimum Gasteiger partial charge on any atom is -0.508 e. The number of ether oxygens (including phenoxy) is 1. The molecule has 7 heteroatoms. The summed E-state index contributed by atoms with van der Waals surface area (Å²) >= 11 is 6.08. The lowest BCUT2D eigenvalue weighted by Crippen LogP contribution is -2.38. The van der Waals surface area contributed by atoms with Crippen LogP contribution < -0.4 is 10.1 Å². The molecule has 45 heavy (non-hydrogen) atoms. The Morgan fingerprint density at radius 3 is 2.24 bits per heavy atom. The molecule has 4 aromatic carbocycles. The lowest BCUT2D eigenvalue weighted by atomic mass is 9.84. The van der Waals surface area contributed by atoms with Gasteiger partial charge < -0.3 is 20.3 Å². The van der Waals surface area contributed by atoms with Crippen molar-refractivity contribution < 1.29 is 19.7 Å². The number of aromatic hydroxyl groups is 2. The van der Waals surface area contributed by atoms with Gasteiger partial charge in [0.15, 0.2) is 0 Å². The third-order valence-electron chi connectivity index (χ3n) is 8.19. The van der Waals surface area contributed by atoms with Gasteiger partial charge in [0.05, 0.1) is 17.2 Å². The molecule has 1 atom stereocenters. The van der Waals surface area contributed by atoms with Crippen molar-refractivity contribution in [1.82, 2.24) is 10.2 Å². The molecule has 1 amide bonds. The van der Waals surface area contributed by atoms with E-state index >= 15 is 0 Å². The van der Waals surface area contributed by atoms with Crippen LogP contribution >= 0.6 is 11.6 Å². The monoisotopic (exact) mass is 628 g/mol. The van der Waals surface area contributed by atoms with Crippen LogP contribution in [0.1, 0.15) is 72.6 Å². The zero-order chi connectivity index (χ0) is 32.3. The number of carbonyl (C=O) groups excluding carboxylic acids is 1. The average molecular weight is 629 g/mol. The van der Waals surface area contributed by atoms with Crippen LogP contribution in [0, 0.1) is 0 Å². The fourth-order valence-electron chi connectivity index (χ4n) is 5.91. The van der Waals surface area contributed by atoms with E-state index in [1.54, 1.807) is 6.07 Å².